The zero-order valence-electron chi connectivity index (χ0n) is 20.2. The molecule has 2 aliphatic heterocycles. The lowest BCUT2D eigenvalue weighted by Crippen LogP contribution is -2.50. The lowest BCUT2D eigenvalue weighted by atomic mass is 9.78. The van der Waals surface area contributed by atoms with Gasteiger partial charge in [-0.1, -0.05) is 12.1 Å². The number of likely N-dealkylation sites (tertiary alicyclic amines) is 1. The Morgan fingerprint density at radius 3 is 2.57 bits per heavy atom. The number of aliphatic hydroxyl groups is 1. The number of hydrogen-bond donors (Lipinski definition) is 2. The van der Waals surface area contributed by atoms with Crippen LogP contribution in [-0.4, -0.2) is 65.6 Å². The number of pyridine rings is 1. The largest absolute Gasteiger partial charge is 0.393 e. The van der Waals surface area contributed by atoms with E-state index in [4.69, 9.17) is 0 Å². The number of anilines is 1. The summed E-state index contributed by atoms with van der Waals surface area (Å²) in [5.41, 5.74) is 1.81. The predicted octanol–water partition coefficient (Wildman–Crippen LogP) is 3.37. The number of carbonyl (C=O) groups is 2. The SMILES string of the molecule is CNC(=O)c1ccc(-c2ccc(N3CCCC4(CCN(C5CCC(O)CC5)C4=O)C3)c(F)c2)cn1. The molecule has 1 aromatic heterocycles. The fourth-order valence-corrected chi connectivity index (χ4v) is 6.05. The van der Waals surface area contributed by atoms with Crippen molar-refractivity contribution in [3.63, 3.8) is 0 Å². The number of aromatic nitrogens is 1. The van der Waals surface area contributed by atoms with Crippen LogP contribution in [0.2, 0.25) is 0 Å². The van der Waals surface area contributed by atoms with E-state index in [9.17, 15) is 14.7 Å². The summed E-state index contributed by atoms with van der Waals surface area (Å²) in [6.07, 6.45) is 7.09. The smallest absolute Gasteiger partial charge is 0.269 e. The van der Waals surface area contributed by atoms with Crippen LogP contribution >= 0.6 is 0 Å². The Morgan fingerprint density at radius 2 is 1.89 bits per heavy atom. The van der Waals surface area contributed by atoms with E-state index in [1.807, 2.05) is 15.9 Å². The molecule has 186 valence electrons. The maximum Gasteiger partial charge on any atom is 0.269 e. The van der Waals surface area contributed by atoms with Gasteiger partial charge in [-0.15, -0.1) is 0 Å². The molecule has 2 amide bonds. The number of hydrogen-bond acceptors (Lipinski definition) is 5. The van der Waals surface area contributed by atoms with Crippen LogP contribution < -0.4 is 10.2 Å². The molecule has 8 heteroatoms. The second kappa shape index (κ2) is 9.57. The first-order valence-electron chi connectivity index (χ1n) is 12.6. The lowest BCUT2D eigenvalue weighted by Gasteiger charge is -2.41. The fourth-order valence-electron chi connectivity index (χ4n) is 6.05. The van der Waals surface area contributed by atoms with Crippen molar-refractivity contribution in [2.24, 2.45) is 5.41 Å². The van der Waals surface area contributed by atoms with Crippen molar-refractivity contribution in [2.45, 2.75) is 57.1 Å². The number of piperidine rings is 1. The quantitative estimate of drug-likeness (QED) is 0.701. The number of amides is 2. The Labute approximate surface area is 205 Å². The van der Waals surface area contributed by atoms with Gasteiger partial charge in [-0.25, -0.2) is 4.39 Å². The summed E-state index contributed by atoms with van der Waals surface area (Å²) in [6, 6.07) is 8.77. The molecule has 3 aliphatic rings. The maximum atomic E-state index is 15.3. The minimum Gasteiger partial charge on any atom is -0.393 e. The molecule has 0 bridgehead atoms. The molecule has 1 unspecified atom stereocenters. The van der Waals surface area contributed by atoms with Gasteiger partial charge in [-0.2, -0.15) is 0 Å². The average Bonchev–Trinajstić information content (AvgIpc) is 3.19. The summed E-state index contributed by atoms with van der Waals surface area (Å²) in [5, 5.41) is 12.4. The molecule has 5 rings (SSSR count). The van der Waals surface area contributed by atoms with E-state index in [-0.39, 0.29) is 29.8 Å². The normalized spacial score (nSPS) is 26.9. The molecule has 2 aromatic rings. The van der Waals surface area contributed by atoms with Gasteiger partial charge in [0.05, 0.1) is 17.2 Å². The Bertz CT molecular complexity index is 1100. The standard InChI is InChI=1S/C27H33FN4O3/c1-29-25(34)23-9-3-19(16-30-23)18-4-10-24(22(28)15-18)31-13-2-11-27(17-31)12-14-32(26(27)35)20-5-7-21(33)8-6-20/h3-4,9-10,15-16,20-21,33H,2,5-8,11-14,17H2,1H3,(H,29,34). The van der Waals surface area contributed by atoms with Gasteiger partial charge < -0.3 is 20.2 Å². The molecule has 3 fully saturated rings. The minimum atomic E-state index is -0.445. The number of nitrogens with one attached hydrogen (secondary N) is 1. The first-order valence-corrected chi connectivity index (χ1v) is 12.6. The van der Waals surface area contributed by atoms with Crippen molar-refractivity contribution in [3.8, 4) is 11.1 Å². The highest BCUT2D eigenvalue weighted by atomic mass is 19.1. The van der Waals surface area contributed by atoms with E-state index in [1.165, 1.54) is 6.07 Å². The third kappa shape index (κ3) is 4.51. The van der Waals surface area contributed by atoms with Crippen molar-refractivity contribution in [1.82, 2.24) is 15.2 Å². The number of benzene rings is 1. The van der Waals surface area contributed by atoms with Crippen LogP contribution in [0.15, 0.2) is 36.5 Å². The Morgan fingerprint density at radius 1 is 1.11 bits per heavy atom. The van der Waals surface area contributed by atoms with Crippen LogP contribution in [0.3, 0.4) is 0 Å². The molecule has 1 spiro atoms. The van der Waals surface area contributed by atoms with Crippen molar-refractivity contribution in [3.05, 3.63) is 48.0 Å². The van der Waals surface area contributed by atoms with Gasteiger partial charge in [0.2, 0.25) is 5.91 Å². The van der Waals surface area contributed by atoms with Crippen LogP contribution in [0.5, 0.6) is 0 Å². The van der Waals surface area contributed by atoms with Gasteiger partial charge in [0.1, 0.15) is 11.5 Å². The predicted molar refractivity (Wildman–Crippen MR) is 131 cm³/mol. The van der Waals surface area contributed by atoms with Gasteiger partial charge >= 0.3 is 0 Å². The summed E-state index contributed by atoms with van der Waals surface area (Å²) in [4.78, 5) is 33.5. The molecule has 0 radical (unpaired) electrons. The highest BCUT2D eigenvalue weighted by molar-refractivity contribution is 5.92. The van der Waals surface area contributed by atoms with Crippen LogP contribution in [0.25, 0.3) is 11.1 Å². The van der Waals surface area contributed by atoms with Crippen LogP contribution in [0.4, 0.5) is 10.1 Å². The highest BCUT2D eigenvalue weighted by Crippen LogP contribution is 2.44. The van der Waals surface area contributed by atoms with Crippen molar-refractivity contribution >= 4 is 17.5 Å². The van der Waals surface area contributed by atoms with Gasteiger partial charge in [0.25, 0.3) is 5.91 Å². The molecular weight excluding hydrogens is 447 g/mol. The van der Waals surface area contributed by atoms with Gasteiger partial charge in [0, 0.05) is 44.5 Å². The summed E-state index contributed by atoms with van der Waals surface area (Å²) in [5.74, 6) is -0.375. The second-order valence-electron chi connectivity index (χ2n) is 10.2. The topological polar surface area (TPSA) is 85.8 Å². The lowest BCUT2D eigenvalue weighted by molar-refractivity contribution is -0.139. The van der Waals surface area contributed by atoms with Gasteiger partial charge in [-0.3, -0.25) is 14.6 Å². The van der Waals surface area contributed by atoms with E-state index >= 15 is 4.39 Å². The van der Waals surface area contributed by atoms with Crippen LogP contribution in [0.1, 0.15) is 55.4 Å². The first-order chi connectivity index (χ1) is 16.9. The summed E-state index contributed by atoms with van der Waals surface area (Å²) in [6.45, 7) is 2.02. The Hall–Kier alpha value is -3.00. The third-order valence-electron chi connectivity index (χ3n) is 8.07. The number of aliphatic hydroxyl groups excluding tert-OH is 1. The molecule has 3 heterocycles. The second-order valence-corrected chi connectivity index (χ2v) is 10.2. The molecule has 2 saturated heterocycles. The fraction of sp³-hybridized carbons (Fsp3) is 0.519. The van der Waals surface area contributed by atoms with E-state index in [0.29, 0.717) is 23.5 Å². The van der Waals surface area contributed by atoms with Gasteiger partial charge in [0.15, 0.2) is 0 Å². The van der Waals surface area contributed by atoms with Crippen molar-refractivity contribution < 1.29 is 19.1 Å². The van der Waals surface area contributed by atoms with Crippen molar-refractivity contribution in [1.29, 1.82) is 0 Å². The maximum absolute atomic E-state index is 15.3. The zero-order chi connectivity index (χ0) is 24.6. The average molecular weight is 481 g/mol. The Balaban J connectivity index is 1.31. The summed E-state index contributed by atoms with van der Waals surface area (Å²) < 4.78 is 15.3. The Kier molecular flexibility index (Phi) is 6.49. The molecule has 7 nitrogen and oxygen atoms in total. The monoisotopic (exact) mass is 480 g/mol. The van der Waals surface area contributed by atoms with E-state index in [0.717, 1.165) is 63.6 Å². The van der Waals surface area contributed by atoms with E-state index in [2.05, 4.69) is 10.3 Å². The highest BCUT2D eigenvalue weighted by Gasteiger charge is 2.50. The number of carbonyl (C=O) groups excluding carboxylic acids is 2. The van der Waals surface area contributed by atoms with Crippen LogP contribution in [-0.2, 0) is 4.79 Å². The summed E-state index contributed by atoms with van der Waals surface area (Å²) in [7, 11) is 1.55. The molecular formula is C27H33FN4O3. The first kappa shape index (κ1) is 23.7. The molecule has 1 saturated carbocycles. The minimum absolute atomic E-state index is 0.211. The van der Waals surface area contributed by atoms with E-state index < -0.39 is 5.41 Å². The van der Waals surface area contributed by atoms with Gasteiger partial charge in [-0.05, 0) is 68.7 Å². The third-order valence-corrected chi connectivity index (χ3v) is 8.07. The summed E-state index contributed by atoms with van der Waals surface area (Å²) >= 11 is 0. The number of nitrogens with zero attached hydrogens (tertiary/aromatic N) is 3. The molecule has 2 N–H and O–H groups in total. The molecule has 1 aliphatic carbocycles. The number of rotatable bonds is 4. The van der Waals surface area contributed by atoms with E-state index in [1.54, 1.807) is 31.4 Å². The zero-order valence-corrected chi connectivity index (χ0v) is 20.2. The molecule has 35 heavy (non-hydrogen) atoms. The number of halogens is 1. The molecule has 1 atom stereocenters. The van der Waals surface area contributed by atoms with Crippen molar-refractivity contribution in [2.75, 3.05) is 31.6 Å². The molecule has 1 aromatic carbocycles. The van der Waals surface area contributed by atoms with Crippen LogP contribution in [0, 0.1) is 11.2 Å².